The molecule has 1 nitrogen and oxygen atoms in total. The first-order valence-corrected chi connectivity index (χ1v) is 9.21. The van der Waals surface area contributed by atoms with E-state index < -0.39 is 0 Å². The minimum absolute atomic E-state index is 0.936. The topological polar surface area (TPSA) is 13.1 Å². The Morgan fingerprint density at radius 1 is 0.444 bits per heavy atom. The van der Waals surface area contributed by atoms with Crippen molar-refractivity contribution in [1.82, 2.24) is 0 Å². The van der Waals surface area contributed by atoms with Crippen LogP contribution in [0.4, 0.5) is 0 Å². The van der Waals surface area contributed by atoms with E-state index in [1.807, 2.05) is 0 Å². The Balaban J connectivity index is 1.83. The molecule has 6 rings (SSSR count). The molecule has 0 atom stereocenters. The molecule has 126 valence electrons. The molecule has 0 aliphatic carbocycles. The summed E-state index contributed by atoms with van der Waals surface area (Å²) in [7, 11) is 0. The summed E-state index contributed by atoms with van der Waals surface area (Å²) < 4.78 is 6.36. The van der Waals surface area contributed by atoms with E-state index in [9.17, 15) is 0 Å². The maximum atomic E-state index is 6.36. The summed E-state index contributed by atoms with van der Waals surface area (Å²) in [5.41, 5.74) is 4.34. The van der Waals surface area contributed by atoms with Gasteiger partial charge in [-0.15, -0.1) is 0 Å². The maximum Gasteiger partial charge on any atom is 0.143 e. The van der Waals surface area contributed by atoms with Crippen molar-refractivity contribution < 1.29 is 4.42 Å². The first kappa shape index (κ1) is 14.6. The van der Waals surface area contributed by atoms with Gasteiger partial charge in [0, 0.05) is 16.2 Å². The fourth-order valence-corrected chi connectivity index (χ4v) is 4.22. The molecule has 0 fully saturated rings. The molecule has 0 aliphatic heterocycles. The minimum atomic E-state index is 0.936. The lowest BCUT2D eigenvalue weighted by Gasteiger charge is -2.06. The Labute approximate surface area is 156 Å². The molecule has 27 heavy (non-hydrogen) atoms. The van der Waals surface area contributed by atoms with Crippen LogP contribution in [-0.4, -0.2) is 0 Å². The second kappa shape index (κ2) is 5.46. The lowest BCUT2D eigenvalue weighted by atomic mass is 9.96. The predicted octanol–water partition coefficient (Wildman–Crippen LogP) is 7.56. The monoisotopic (exact) mass is 344 g/mol. The van der Waals surface area contributed by atoms with Crippen molar-refractivity contribution in [3.8, 4) is 11.1 Å². The van der Waals surface area contributed by atoms with Gasteiger partial charge in [0.15, 0.2) is 0 Å². The zero-order valence-electron chi connectivity index (χ0n) is 14.6. The number of furan rings is 1. The number of fused-ring (bicyclic) bond motifs is 8. The highest BCUT2D eigenvalue weighted by Crippen LogP contribution is 2.41. The highest BCUT2D eigenvalue weighted by atomic mass is 16.3. The van der Waals surface area contributed by atoms with Crippen LogP contribution in [-0.2, 0) is 0 Å². The summed E-state index contributed by atoms with van der Waals surface area (Å²) in [5, 5.41) is 7.31. The van der Waals surface area contributed by atoms with Crippen molar-refractivity contribution in [2.24, 2.45) is 0 Å². The lowest BCUT2D eigenvalue weighted by molar-refractivity contribution is 0.673. The number of hydrogen-bond acceptors (Lipinski definition) is 1. The summed E-state index contributed by atoms with van der Waals surface area (Å²) in [5.74, 6) is 0. The van der Waals surface area contributed by atoms with E-state index in [2.05, 4.69) is 97.1 Å². The summed E-state index contributed by atoms with van der Waals surface area (Å²) in [6.45, 7) is 0. The quantitative estimate of drug-likeness (QED) is 0.280. The molecule has 0 bridgehead atoms. The molecule has 0 unspecified atom stereocenters. The van der Waals surface area contributed by atoms with Crippen LogP contribution in [0.2, 0.25) is 0 Å². The summed E-state index contributed by atoms with van der Waals surface area (Å²) in [4.78, 5) is 0. The zero-order chi connectivity index (χ0) is 17.8. The molecule has 0 radical (unpaired) electrons. The van der Waals surface area contributed by atoms with Crippen molar-refractivity contribution in [1.29, 1.82) is 0 Å². The molecule has 1 heterocycles. The van der Waals surface area contributed by atoms with E-state index in [0.717, 1.165) is 11.2 Å². The van der Waals surface area contributed by atoms with Crippen molar-refractivity contribution in [2.45, 2.75) is 0 Å². The van der Waals surface area contributed by atoms with Crippen LogP contribution in [0.3, 0.4) is 0 Å². The average molecular weight is 344 g/mol. The summed E-state index contributed by atoms with van der Waals surface area (Å²) >= 11 is 0. The van der Waals surface area contributed by atoms with Crippen molar-refractivity contribution in [3.05, 3.63) is 97.1 Å². The van der Waals surface area contributed by atoms with Crippen LogP contribution in [0.1, 0.15) is 0 Å². The second-order valence-electron chi connectivity index (χ2n) is 6.97. The molecular weight excluding hydrogens is 328 g/mol. The lowest BCUT2D eigenvalue weighted by Crippen LogP contribution is -1.80. The Kier molecular flexibility index (Phi) is 2.95. The first-order chi connectivity index (χ1) is 13.4. The first-order valence-electron chi connectivity index (χ1n) is 9.21. The number of benzene rings is 5. The highest BCUT2D eigenvalue weighted by Gasteiger charge is 2.15. The summed E-state index contributed by atoms with van der Waals surface area (Å²) in [6.07, 6.45) is 0. The van der Waals surface area contributed by atoms with Crippen molar-refractivity contribution in [2.75, 3.05) is 0 Å². The fraction of sp³-hybridized carbons (Fsp3) is 0. The van der Waals surface area contributed by atoms with Gasteiger partial charge in [-0.1, -0.05) is 84.9 Å². The van der Waals surface area contributed by atoms with Crippen molar-refractivity contribution in [3.63, 3.8) is 0 Å². The molecule has 1 aromatic heterocycles. The highest BCUT2D eigenvalue weighted by molar-refractivity contribution is 6.30. The normalized spacial score (nSPS) is 11.7. The van der Waals surface area contributed by atoms with Gasteiger partial charge < -0.3 is 4.42 Å². The van der Waals surface area contributed by atoms with Gasteiger partial charge in [-0.25, -0.2) is 0 Å². The number of hydrogen-bond donors (Lipinski definition) is 0. The maximum absolute atomic E-state index is 6.36. The van der Waals surface area contributed by atoms with Gasteiger partial charge in [-0.3, -0.25) is 0 Å². The predicted molar refractivity (Wildman–Crippen MR) is 114 cm³/mol. The van der Waals surface area contributed by atoms with E-state index in [1.165, 1.54) is 43.4 Å². The van der Waals surface area contributed by atoms with Gasteiger partial charge >= 0.3 is 0 Å². The molecule has 1 heteroatoms. The van der Waals surface area contributed by atoms with Crippen LogP contribution in [0.15, 0.2) is 101 Å². The van der Waals surface area contributed by atoms with Crippen LogP contribution < -0.4 is 0 Å². The van der Waals surface area contributed by atoms with E-state index in [4.69, 9.17) is 4.42 Å². The molecular formula is C26H16O. The van der Waals surface area contributed by atoms with E-state index >= 15 is 0 Å². The standard InChI is InChI=1S/C26H16O/c1-2-8-17(9-3-1)18-14-15-24-23(16-18)25-21-12-6-4-10-19(21)20-11-5-7-13-22(20)26(25)27-24/h1-16H. The molecule has 0 saturated carbocycles. The molecule has 0 saturated heterocycles. The molecule has 6 aromatic rings. The van der Waals surface area contributed by atoms with Crippen LogP contribution >= 0.6 is 0 Å². The Morgan fingerprint density at radius 3 is 1.85 bits per heavy atom. The van der Waals surface area contributed by atoms with Gasteiger partial charge in [0.25, 0.3) is 0 Å². The van der Waals surface area contributed by atoms with Gasteiger partial charge in [0.1, 0.15) is 11.2 Å². The van der Waals surface area contributed by atoms with E-state index in [-0.39, 0.29) is 0 Å². The Hall–Kier alpha value is -3.58. The Morgan fingerprint density at radius 2 is 1.07 bits per heavy atom. The second-order valence-corrected chi connectivity index (χ2v) is 6.97. The van der Waals surface area contributed by atoms with Crippen LogP contribution in [0, 0.1) is 0 Å². The van der Waals surface area contributed by atoms with Gasteiger partial charge in [0.05, 0.1) is 0 Å². The molecule has 0 amide bonds. The van der Waals surface area contributed by atoms with Crippen molar-refractivity contribution >= 4 is 43.5 Å². The third-order valence-electron chi connectivity index (χ3n) is 5.45. The van der Waals surface area contributed by atoms with Crippen LogP contribution in [0.25, 0.3) is 54.6 Å². The Bertz CT molecular complexity index is 1460. The SMILES string of the molecule is c1ccc(-c2ccc3oc4c5ccccc5c5ccccc5c4c3c2)cc1. The van der Waals surface area contributed by atoms with Gasteiger partial charge in [0.2, 0.25) is 0 Å². The van der Waals surface area contributed by atoms with E-state index in [1.54, 1.807) is 0 Å². The number of rotatable bonds is 1. The van der Waals surface area contributed by atoms with Crippen LogP contribution in [0.5, 0.6) is 0 Å². The third kappa shape index (κ3) is 2.06. The third-order valence-corrected chi connectivity index (χ3v) is 5.45. The molecule has 0 spiro atoms. The smallest absolute Gasteiger partial charge is 0.143 e. The average Bonchev–Trinajstić information content (AvgIpc) is 3.14. The fourth-order valence-electron chi connectivity index (χ4n) is 4.22. The zero-order valence-corrected chi connectivity index (χ0v) is 14.6. The van der Waals surface area contributed by atoms with Gasteiger partial charge in [-0.2, -0.15) is 0 Å². The minimum Gasteiger partial charge on any atom is -0.455 e. The largest absolute Gasteiger partial charge is 0.455 e. The van der Waals surface area contributed by atoms with E-state index in [0.29, 0.717) is 0 Å². The molecule has 0 aliphatic rings. The van der Waals surface area contributed by atoms with Gasteiger partial charge in [-0.05, 0) is 39.4 Å². The molecule has 5 aromatic carbocycles. The summed E-state index contributed by atoms with van der Waals surface area (Å²) in [6, 6.07) is 34.2. The molecule has 0 N–H and O–H groups in total.